The monoisotopic (exact) mass is 321 g/mol. The average molecular weight is 322 g/mol. The Morgan fingerprint density at radius 2 is 1.67 bits per heavy atom. The van der Waals surface area contributed by atoms with Crippen molar-refractivity contribution in [3.63, 3.8) is 0 Å². The first-order valence-corrected chi connectivity index (χ1v) is 6.25. The van der Waals surface area contributed by atoms with Crippen molar-refractivity contribution in [2.24, 2.45) is 0 Å². The summed E-state index contributed by atoms with van der Waals surface area (Å²) >= 11 is 0. The zero-order valence-electron chi connectivity index (χ0n) is 11.3. The van der Waals surface area contributed by atoms with E-state index in [4.69, 9.17) is 5.73 Å². The van der Waals surface area contributed by atoms with Crippen LogP contribution in [0.2, 0.25) is 0 Å². The molecular weight excluding hydrogens is 305 g/mol. The lowest BCUT2D eigenvalue weighted by Crippen LogP contribution is -2.02. The van der Waals surface area contributed by atoms with Crippen molar-refractivity contribution in [1.29, 1.82) is 0 Å². The van der Waals surface area contributed by atoms with Gasteiger partial charge in [-0.15, -0.1) is 24.8 Å². The summed E-state index contributed by atoms with van der Waals surface area (Å²) in [5.74, 6) is 0. The number of halogens is 2. The highest BCUT2D eigenvalue weighted by Crippen LogP contribution is 2.27. The maximum Gasteiger partial charge on any atom is 0.0724 e. The van der Waals surface area contributed by atoms with Crippen molar-refractivity contribution >= 4 is 47.1 Å². The van der Waals surface area contributed by atoms with E-state index in [1.54, 1.807) is 6.20 Å². The molecule has 1 heterocycles. The van der Waals surface area contributed by atoms with E-state index in [-0.39, 0.29) is 24.8 Å². The molecule has 3 nitrogen and oxygen atoms in total. The Hall–Kier alpha value is -1.97. The number of pyridine rings is 1. The van der Waals surface area contributed by atoms with E-state index in [2.05, 4.69) is 22.4 Å². The number of nitrogen functional groups attached to an aromatic ring is 1. The normalized spacial score (nSPS) is 9.52. The maximum atomic E-state index is 6.18. The van der Waals surface area contributed by atoms with Crippen LogP contribution in [0.15, 0.2) is 60.8 Å². The highest BCUT2D eigenvalue weighted by molar-refractivity contribution is 5.96. The van der Waals surface area contributed by atoms with Crippen molar-refractivity contribution in [3.8, 4) is 0 Å². The number of nitrogens with one attached hydrogen (secondary N) is 1. The van der Waals surface area contributed by atoms with Gasteiger partial charge in [-0.1, -0.05) is 30.3 Å². The van der Waals surface area contributed by atoms with E-state index >= 15 is 0 Å². The van der Waals surface area contributed by atoms with Crippen LogP contribution in [0, 0.1) is 0 Å². The molecule has 3 aromatic rings. The standard InChI is InChI=1S/C16H15N3.2ClH/c17-16-13-7-4-10-18-14(13)8-9-15(16)19-11-12-5-2-1-3-6-12;;/h1-10,19H,11,17H2;2*1H. The first-order chi connectivity index (χ1) is 9.34. The smallest absolute Gasteiger partial charge is 0.0724 e. The van der Waals surface area contributed by atoms with Crippen LogP contribution in [0.3, 0.4) is 0 Å². The lowest BCUT2D eigenvalue weighted by Gasteiger charge is -2.11. The van der Waals surface area contributed by atoms with Gasteiger partial charge in [0.15, 0.2) is 0 Å². The Balaban J connectivity index is 0.00000110. The Morgan fingerprint density at radius 3 is 2.43 bits per heavy atom. The highest BCUT2D eigenvalue weighted by atomic mass is 35.5. The van der Waals surface area contributed by atoms with Crippen LogP contribution in [0.25, 0.3) is 10.9 Å². The summed E-state index contributed by atoms with van der Waals surface area (Å²) in [5.41, 5.74) is 10.0. The van der Waals surface area contributed by atoms with Gasteiger partial charge in [0.05, 0.1) is 16.9 Å². The van der Waals surface area contributed by atoms with Crippen molar-refractivity contribution < 1.29 is 0 Å². The molecule has 3 rings (SSSR count). The van der Waals surface area contributed by atoms with Gasteiger partial charge in [-0.2, -0.15) is 0 Å². The third-order valence-corrected chi connectivity index (χ3v) is 3.15. The van der Waals surface area contributed by atoms with E-state index < -0.39 is 0 Å². The molecule has 21 heavy (non-hydrogen) atoms. The number of rotatable bonds is 3. The molecule has 0 aliphatic rings. The molecule has 0 bridgehead atoms. The Bertz CT molecular complexity index is 702. The minimum absolute atomic E-state index is 0. The molecule has 5 heteroatoms. The molecule has 2 aromatic carbocycles. The van der Waals surface area contributed by atoms with Crippen molar-refractivity contribution in [2.45, 2.75) is 6.54 Å². The van der Waals surface area contributed by atoms with Gasteiger partial charge in [-0.05, 0) is 29.8 Å². The fraction of sp³-hybridized carbons (Fsp3) is 0.0625. The van der Waals surface area contributed by atoms with Gasteiger partial charge in [0.1, 0.15) is 0 Å². The molecule has 0 saturated heterocycles. The van der Waals surface area contributed by atoms with E-state index in [9.17, 15) is 0 Å². The van der Waals surface area contributed by atoms with Gasteiger partial charge in [-0.25, -0.2) is 0 Å². The molecule has 0 atom stereocenters. The number of nitrogens with two attached hydrogens (primary N) is 1. The van der Waals surface area contributed by atoms with Crippen LogP contribution < -0.4 is 11.1 Å². The van der Waals surface area contributed by atoms with Gasteiger partial charge >= 0.3 is 0 Å². The zero-order valence-corrected chi connectivity index (χ0v) is 13.0. The molecule has 0 spiro atoms. The van der Waals surface area contributed by atoms with E-state index in [0.717, 1.165) is 28.8 Å². The van der Waals surface area contributed by atoms with Crippen molar-refractivity contribution in [2.75, 3.05) is 11.1 Å². The SMILES string of the molecule is Cl.Cl.Nc1c(NCc2ccccc2)ccc2ncccc12. The van der Waals surface area contributed by atoms with E-state index in [1.165, 1.54) is 5.56 Å². The summed E-state index contributed by atoms with van der Waals surface area (Å²) in [6, 6.07) is 18.1. The number of nitrogens with zero attached hydrogens (tertiary/aromatic N) is 1. The molecular formula is C16H17Cl2N3. The number of hydrogen-bond acceptors (Lipinski definition) is 3. The topological polar surface area (TPSA) is 50.9 Å². The third kappa shape index (κ3) is 3.78. The van der Waals surface area contributed by atoms with Crippen LogP contribution in [-0.4, -0.2) is 4.98 Å². The molecule has 0 aliphatic carbocycles. The summed E-state index contributed by atoms with van der Waals surface area (Å²) in [4.78, 5) is 4.29. The first kappa shape index (κ1) is 17.1. The summed E-state index contributed by atoms with van der Waals surface area (Å²) in [6.07, 6.45) is 1.78. The number of anilines is 2. The molecule has 0 saturated carbocycles. The first-order valence-electron chi connectivity index (χ1n) is 6.25. The predicted molar refractivity (Wildman–Crippen MR) is 94.4 cm³/mol. The fourth-order valence-corrected chi connectivity index (χ4v) is 2.12. The van der Waals surface area contributed by atoms with Crippen LogP contribution in [0.5, 0.6) is 0 Å². The van der Waals surface area contributed by atoms with E-state index in [1.807, 2.05) is 42.5 Å². The molecule has 0 unspecified atom stereocenters. The average Bonchev–Trinajstić information content (AvgIpc) is 2.48. The number of benzene rings is 2. The lowest BCUT2D eigenvalue weighted by molar-refractivity contribution is 1.15. The van der Waals surface area contributed by atoms with Gasteiger partial charge in [0.2, 0.25) is 0 Å². The largest absolute Gasteiger partial charge is 0.397 e. The zero-order chi connectivity index (χ0) is 13.1. The number of aromatic nitrogens is 1. The quantitative estimate of drug-likeness (QED) is 0.708. The van der Waals surface area contributed by atoms with Crippen LogP contribution >= 0.6 is 24.8 Å². The summed E-state index contributed by atoms with van der Waals surface area (Å²) in [7, 11) is 0. The van der Waals surface area contributed by atoms with Crippen molar-refractivity contribution in [1.82, 2.24) is 4.98 Å². The Labute approximate surface area is 136 Å². The Morgan fingerprint density at radius 1 is 0.905 bits per heavy atom. The second-order valence-corrected chi connectivity index (χ2v) is 4.44. The number of fused-ring (bicyclic) bond motifs is 1. The van der Waals surface area contributed by atoms with Gasteiger partial charge in [0, 0.05) is 18.1 Å². The molecule has 1 aromatic heterocycles. The van der Waals surface area contributed by atoms with Crippen molar-refractivity contribution in [3.05, 3.63) is 66.4 Å². The van der Waals surface area contributed by atoms with Crippen LogP contribution in [0.4, 0.5) is 11.4 Å². The van der Waals surface area contributed by atoms with Gasteiger partial charge in [-0.3, -0.25) is 4.98 Å². The lowest BCUT2D eigenvalue weighted by atomic mass is 10.1. The van der Waals surface area contributed by atoms with Gasteiger partial charge in [0.25, 0.3) is 0 Å². The molecule has 0 radical (unpaired) electrons. The minimum atomic E-state index is 0. The fourth-order valence-electron chi connectivity index (χ4n) is 2.12. The van der Waals surface area contributed by atoms with Crippen LogP contribution in [0.1, 0.15) is 5.56 Å². The Kier molecular flexibility index (Phi) is 6.28. The second-order valence-electron chi connectivity index (χ2n) is 4.44. The van der Waals surface area contributed by atoms with Crippen LogP contribution in [-0.2, 0) is 6.54 Å². The van der Waals surface area contributed by atoms with Gasteiger partial charge < -0.3 is 11.1 Å². The highest BCUT2D eigenvalue weighted by Gasteiger charge is 2.04. The summed E-state index contributed by atoms with van der Waals surface area (Å²) < 4.78 is 0. The molecule has 3 N–H and O–H groups in total. The van der Waals surface area contributed by atoms with E-state index in [0.29, 0.717) is 0 Å². The third-order valence-electron chi connectivity index (χ3n) is 3.15. The predicted octanol–water partition coefficient (Wildman–Crippen LogP) is 4.27. The summed E-state index contributed by atoms with van der Waals surface area (Å²) in [5, 5.41) is 4.36. The second kappa shape index (κ2) is 7.72. The molecule has 0 fully saturated rings. The number of hydrogen-bond donors (Lipinski definition) is 2. The molecule has 0 aliphatic heterocycles. The molecule has 0 amide bonds. The maximum absolute atomic E-state index is 6.18. The molecule has 110 valence electrons. The summed E-state index contributed by atoms with van der Waals surface area (Å²) in [6.45, 7) is 0.761. The minimum Gasteiger partial charge on any atom is -0.397 e.